The highest BCUT2D eigenvalue weighted by Gasteiger charge is 1.92. The Bertz CT molecular complexity index is 305. The van der Waals surface area contributed by atoms with Gasteiger partial charge in [0.1, 0.15) is 5.75 Å². The van der Waals surface area contributed by atoms with Gasteiger partial charge < -0.3 is 5.11 Å². The van der Waals surface area contributed by atoms with Crippen LogP contribution in [0.15, 0.2) is 34.5 Å². The third kappa shape index (κ3) is 2.20. The molecule has 0 unspecified atom stereocenters. The quantitative estimate of drug-likeness (QED) is 0.523. The van der Waals surface area contributed by atoms with E-state index in [-0.39, 0.29) is 5.75 Å². The molecule has 0 saturated heterocycles. The average molecular weight is 162 g/mol. The van der Waals surface area contributed by atoms with Crippen molar-refractivity contribution in [3.05, 3.63) is 29.8 Å². The molecule has 62 valence electrons. The maximum absolute atomic E-state index is 9.27. The van der Waals surface area contributed by atoms with Gasteiger partial charge in [0.15, 0.2) is 0 Å². The summed E-state index contributed by atoms with van der Waals surface area (Å²) in [5, 5.41) is 16.6. The Balaban J connectivity index is 2.82. The predicted molar refractivity (Wildman–Crippen MR) is 49.9 cm³/mol. The van der Waals surface area contributed by atoms with Gasteiger partial charge in [0.05, 0.1) is 6.21 Å². The molecule has 0 aliphatic carbocycles. The Morgan fingerprint density at radius 1 is 1.25 bits per heavy atom. The highest BCUT2D eigenvalue weighted by atomic mass is 16.3. The topological polar surface area (TPSA) is 45.0 Å². The van der Waals surface area contributed by atoms with E-state index < -0.39 is 0 Å². The van der Waals surface area contributed by atoms with Crippen LogP contribution in [0.5, 0.6) is 5.75 Å². The first-order valence-electron chi connectivity index (χ1n) is 3.63. The fraction of sp³-hybridized carbons (Fsp3) is 0.111. The molecule has 3 heteroatoms. The van der Waals surface area contributed by atoms with Crippen molar-refractivity contribution in [1.29, 1.82) is 0 Å². The molecule has 0 fully saturated rings. The summed E-state index contributed by atoms with van der Waals surface area (Å²) in [6.07, 6.45) is 3.09. The smallest absolute Gasteiger partial charge is 0.124 e. The molecule has 1 aromatic rings. The first kappa shape index (κ1) is 8.46. The van der Waals surface area contributed by atoms with E-state index in [4.69, 9.17) is 0 Å². The minimum atomic E-state index is 0.215. The molecule has 1 rings (SSSR count). The summed E-state index contributed by atoms with van der Waals surface area (Å²) in [6, 6.07) is 6.97. The summed E-state index contributed by atoms with van der Waals surface area (Å²) < 4.78 is 0. The van der Waals surface area contributed by atoms with Gasteiger partial charge >= 0.3 is 0 Å². The standard InChI is InChI=1S/C9H10N2O/c1-2-10-11-7-8-5-3-4-6-9(8)12/h2-7,12H,1H3/b10-2-,11-7+. The first-order valence-corrected chi connectivity index (χ1v) is 3.63. The summed E-state index contributed by atoms with van der Waals surface area (Å²) in [6.45, 7) is 1.78. The van der Waals surface area contributed by atoms with Gasteiger partial charge in [-0.15, -0.1) is 0 Å². The number of nitrogens with zero attached hydrogens (tertiary/aromatic N) is 2. The highest BCUT2D eigenvalue weighted by molar-refractivity contribution is 5.83. The molecule has 3 nitrogen and oxygen atoms in total. The molecule has 12 heavy (non-hydrogen) atoms. The van der Waals surface area contributed by atoms with Gasteiger partial charge in [-0.05, 0) is 19.1 Å². The Hall–Kier alpha value is -1.64. The predicted octanol–water partition coefficient (Wildman–Crippen LogP) is 1.82. The van der Waals surface area contributed by atoms with E-state index >= 15 is 0 Å². The third-order valence-electron chi connectivity index (χ3n) is 1.32. The van der Waals surface area contributed by atoms with Crippen LogP contribution in [0, 0.1) is 0 Å². The summed E-state index contributed by atoms with van der Waals surface area (Å²) >= 11 is 0. The minimum absolute atomic E-state index is 0.215. The lowest BCUT2D eigenvalue weighted by atomic mass is 10.2. The zero-order chi connectivity index (χ0) is 8.81. The average Bonchev–Trinajstić information content (AvgIpc) is 2.09. The van der Waals surface area contributed by atoms with E-state index in [0.717, 1.165) is 0 Å². The first-order chi connectivity index (χ1) is 5.84. The molecule has 0 amide bonds. The van der Waals surface area contributed by atoms with Gasteiger partial charge in [0, 0.05) is 11.8 Å². The summed E-state index contributed by atoms with van der Waals surface area (Å²) in [5.74, 6) is 0.215. The Kier molecular flexibility index (Phi) is 3.02. The highest BCUT2D eigenvalue weighted by Crippen LogP contribution is 2.12. The lowest BCUT2D eigenvalue weighted by molar-refractivity contribution is 0.474. The van der Waals surface area contributed by atoms with Crippen molar-refractivity contribution >= 4 is 12.4 Å². The van der Waals surface area contributed by atoms with Gasteiger partial charge in [-0.1, -0.05) is 12.1 Å². The molecule has 0 spiro atoms. The van der Waals surface area contributed by atoms with Gasteiger partial charge in [0.25, 0.3) is 0 Å². The Morgan fingerprint density at radius 3 is 2.67 bits per heavy atom. The SMILES string of the molecule is C/C=N\N=C\c1ccccc1O. The van der Waals surface area contributed by atoms with Crippen molar-refractivity contribution in [2.24, 2.45) is 10.2 Å². The van der Waals surface area contributed by atoms with Crippen LogP contribution in [0.2, 0.25) is 0 Å². The normalized spacial score (nSPS) is 11.4. The molecular formula is C9H10N2O. The molecule has 0 aliphatic heterocycles. The van der Waals surface area contributed by atoms with Crippen LogP contribution < -0.4 is 0 Å². The van der Waals surface area contributed by atoms with Gasteiger partial charge in [0.2, 0.25) is 0 Å². The molecule has 0 aromatic heterocycles. The second-order valence-electron chi connectivity index (χ2n) is 2.18. The third-order valence-corrected chi connectivity index (χ3v) is 1.32. The summed E-state index contributed by atoms with van der Waals surface area (Å²) in [4.78, 5) is 0. The van der Waals surface area contributed by atoms with Crippen LogP contribution >= 0.6 is 0 Å². The largest absolute Gasteiger partial charge is 0.507 e. The van der Waals surface area contributed by atoms with Crippen LogP contribution in [0.4, 0.5) is 0 Å². The molecule has 0 bridgehead atoms. The molecule has 0 heterocycles. The maximum Gasteiger partial charge on any atom is 0.124 e. The molecule has 0 radical (unpaired) electrons. The lowest BCUT2D eigenvalue weighted by Gasteiger charge is -1.94. The number of rotatable bonds is 2. The van der Waals surface area contributed by atoms with Gasteiger partial charge in [-0.2, -0.15) is 10.2 Å². The van der Waals surface area contributed by atoms with Crippen LogP contribution in [0.3, 0.4) is 0 Å². The zero-order valence-electron chi connectivity index (χ0n) is 6.81. The lowest BCUT2D eigenvalue weighted by Crippen LogP contribution is -1.79. The number of phenolic OH excluding ortho intramolecular Hbond substituents is 1. The fourth-order valence-corrected chi connectivity index (χ4v) is 0.759. The summed E-state index contributed by atoms with van der Waals surface area (Å²) in [7, 11) is 0. The summed E-state index contributed by atoms with van der Waals surface area (Å²) in [5.41, 5.74) is 0.670. The molecule has 1 aromatic carbocycles. The second kappa shape index (κ2) is 4.28. The van der Waals surface area contributed by atoms with E-state index in [1.54, 1.807) is 31.3 Å². The van der Waals surface area contributed by atoms with Crippen molar-refractivity contribution in [2.45, 2.75) is 6.92 Å². The molecule has 1 N–H and O–H groups in total. The van der Waals surface area contributed by atoms with Crippen LogP contribution in [0.1, 0.15) is 12.5 Å². The molecule has 0 saturated carbocycles. The Labute approximate surface area is 71.1 Å². The number of hydrogen-bond donors (Lipinski definition) is 1. The van der Waals surface area contributed by atoms with Crippen LogP contribution in [-0.4, -0.2) is 17.5 Å². The van der Waals surface area contributed by atoms with Crippen molar-refractivity contribution in [2.75, 3.05) is 0 Å². The van der Waals surface area contributed by atoms with Crippen molar-refractivity contribution in [1.82, 2.24) is 0 Å². The fourth-order valence-electron chi connectivity index (χ4n) is 0.759. The van der Waals surface area contributed by atoms with E-state index in [0.29, 0.717) is 5.56 Å². The Morgan fingerprint density at radius 2 is 2.00 bits per heavy atom. The maximum atomic E-state index is 9.27. The number of hydrogen-bond acceptors (Lipinski definition) is 3. The number of aromatic hydroxyl groups is 1. The van der Waals surface area contributed by atoms with E-state index in [9.17, 15) is 5.11 Å². The van der Waals surface area contributed by atoms with Crippen LogP contribution in [0.25, 0.3) is 0 Å². The van der Waals surface area contributed by atoms with Gasteiger partial charge in [-0.3, -0.25) is 0 Å². The van der Waals surface area contributed by atoms with E-state index in [2.05, 4.69) is 10.2 Å². The van der Waals surface area contributed by atoms with Crippen molar-refractivity contribution < 1.29 is 5.11 Å². The molecule has 0 atom stereocenters. The van der Waals surface area contributed by atoms with Crippen molar-refractivity contribution in [3.8, 4) is 5.75 Å². The second-order valence-corrected chi connectivity index (χ2v) is 2.18. The van der Waals surface area contributed by atoms with Crippen molar-refractivity contribution in [3.63, 3.8) is 0 Å². The van der Waals surface area contributed by atoms with Gasteiger partial charge in [-0.25, -0.2) is 0 Å². The molecule has 0 aliphatic rings. The van der Waals surface area contributed by atoms with E-state index in [1.807, 2.05) is 6.07 Å². The monoisotopic (exact) mass is 162 g/mol. The van der Waals surface area contributed by atoms with Crippen LogP contribution in [-0.2, 0) is 0 Å². The zero-order valence-corrected chi connectivity index (χ0v) is 6.81. The number of para-hydroxylation sites is 1. The molecular weight excluding hydrogens is 152 g/mol. The number of benzene rings is 1. The number of phenols is 1. The minimum Gasteiger partial charge on any atom is -0.507 e. The van der Waals surface area contributed by atoms with E-state index in [1.165, 1.54) is 6.21 Å².